The minimum absolute atomic E-state index is 0.675. The number of likely N-dealkylation sites (N-methyl/N-ethyl adjacent to an activating group) is 1. The molecule has 1 heterocycles. The van der Waals surface area contributed by atoms with Gasteiger partial charge in [-0.2, -0.15) is 0 Å². The molecule has 1 saturated heterocycles. The number of piperazine rings is 1. The maximum atomic E-state index is 3.25. The average molecular weight is 213 g/mol. The summed E-state index contributed by atoms with van der Waals surface area (Å²) in [5.41, 5.74) is 0. The molecule has 3 nitrogen and oxygen atoms in total. The highest BCUT2D eigenvalue weighted by Gasteiger charge is 2.22. The molecule has 15 heavy (non-hydrogen) atoms. The van der Waals surface area contributed by atoms with Crippen LogP contribution in [0.15, 0.2) is 0 Å². The van der Waals surface area contributed by atoms with Crippen molar-refractivity contribution in [3.63, 3.8) is 0 Å². The SMILES string of the molecule is CCC(C)N1CCN(C(C)CNC)CC1. The molecular formula is C12H27N3. The quantitative estimate of drug-likeness (QED) is 0.735. The first-order valence-corrected chi connectivity index (χ1v) is 6.31. The molecule has 1 rings (SSSR count). The Hall–Kier alpha value is -0.120. The van der Waals surface area contributed by atoms with E-state index in [1.165, 1.54) is 32.6 Å². The Bertz CT molecular complexity index is 164. The van der Waals surface area contributed by atoms with Crippen molar-refractivity contribution in [3.8, 4) is 0 Å². The molecule has 2 unspecified atom stereocenters. The first kappa shape index (κ1) is 12.9. The summed E-state index contributed by atoms with van der Waals surface area (Å²) in [4.78, 5) is 5.21. The zero-order chi connectivity index (χ0) is 11.3. The van der Waals surface area contributed by atoms with Crippen LogP contribution in [0.25, 0.3) is 0 Å². The van der Waals surface area contributed by atoms with Crippen LogP contribution in [0.3, 0.4) is 0 Å². The van der Waals surface area contributed by atoms with Crippen molar-refractivity contribution >= 4 is 0 Å². The van der Waals surface area contributed by atoms with Gasteiger partial charge in [-0.1, -0.05) is 6.92 Å². The minimum atomic E-state index is 0.675. The Morgan fingerprint density at radius 3 is 1.87 bits per heavy atom. The van der Waals surface area contributed by atoms with Crippen molar-refractivity contribution in [2.45, 2.75) is 39.3 Å². The van der Waals surface area contributed by atoms with Crippen LogP contribution in [0.5, 0.6) is 0 Å². The molecule has 0 aromatic carbocycles. The van der Waals surface area contributed by atoms with Crippen LogP contribution in [0.4, 0.5) is 0 Å². The van der Waals surface area contributed by atoms with E-state index in [-0.39, 0.29) is 0 Å². The highest BCUT2D eigenvalue weighted by atomic mass is 15.3. The van der Waals surface area contributed by atoms with E-state index in [4.69, 9.17) is 0 Å². The molecule has 2 atom stereocenters. The molecule has 3 heteroatoms. The van der Waals surface area contributed by atoms with Gasteiger partial charge in [0.05, 0.1) is 0 Å². The molecule has 1 aliphatic heterocycles. The van der Waals surface area contributed by atoms with Crippen molar-refractivity contribution in [3.05, 3.63) is 0 Å². The summed E-state index contributed by atoms with van der Waals surface area (Å²) >= 11 is 0. The Kier molecular flexibility index (Phi) is 5.58. The van der Waals surface area contributed by atoms with E-state index < -0.39 is 0 Å². The number of nitrogens with zero attached hydrogens (tertiary/aromatic N) is 2. The molecule has 1 N–H and O–H groups in total. The van der Waals surface area contributed by atoms with Gasteiger partial charge in [-0.15, -0.1) is 0 Å². The van der Waals surface area contributed by atoms with Gasteiger partial charge in [-0.25, -0.2) is 0 Å². The van der Waals surface area contributed by atoms with E-state index in [1.807, 2.05) is 7.05 Å². The van der Waals surface area contributed by atoms with Gasteiger partial charge in [-0.3, -0.25) is 9.80 Å². The fourth-order valence-corrected chi connectivity index (χ4v) is 2.30. The van der Waals surface area contributed by atoms with E-state index in [0.717, 1.165) is 12.6 Å². The smallest absolute Gasteiger partial charge is 0.0193 e. The topological polar surface area (TPSA) is 18.5 Å². The molecule has 0 aromatic rings. The molecule has 1 aliphatic rings. The maximum Gasteiger partial charge on any atom is 0.0193 e. The van der Waals surface area contributed by atoms with Gasteiger partial charge in [0.2, 0.25) is 0 Å². The number of hydrogen-bond acceptors (Lipinski definition) is 3. The predicted octanol–water partition coefficient (Wildman–Crippen LogP) is 1.01. The first-order valence-electron chi connectivity index (χ1n) is 6.31. The maximum absolute atomic E-state index is 3.25. The molecule has 0 bridgehead atoms. The lowest BCUT2D eigenvalue weighted by molar-refractivity contribution is 0.0777. The Morgan fingerprint density at radius 2 is 1.47 bits per heavy atom. The molecule has 0 amide bonds. The standard InChI is InChI=1S/C12H27N3/c1-5-11(2)14-6-8-15(9-7-14)12(3)10-13-4/h11-13H,5-10H2,1-4H3. The summed E-state index contributed by atoms with van der Waals surface area (Å²) in [6.07, 6.45) is 1.27. The van der Waals surface area contributed by atoms with Crippen molar-refractivity contribution < 1.29 is 0 Å². The van der Waals surface area contributed by atoms with Gasteiger partial charge in [0.25, 0.3) is 0 Å². The molecule has 1 fully saturated rings. The second-order valence-electron chi connectivity index (χ2n) is 4.74. The van der Waals surface area contributed by atoms with Crippen LogP contribution < -0.4 is 5.32 Å². The molecule has 0 aliphatic carbocycles. The van der Waals surface area contributed by atoms with Crippen molar-refractivity contribution in [2.75, 3.05) is 39.8 Å². The molecular weight excluding hydrogens is 186 g/mol. The second kappa shape index (κ2) is 6.46. The highest BCUT2D eigenvalue weighted by Crippen LogP contribution is 2.10. The van der Waals surface area contributed by atoms with Crippen LogP contribution in [0.2, 0.25) is 0 Å². The zero-order valence-corrected chi connectivity index (χ0v) is 10.8. The summed E-state index contributed by atoms with van der Waals surface area (Å²) in [7, 11) is 2.03. The normalized spacial score (nSPS) is 24.0. The van der Waals surface area contributed by atoms with Crippen LogP contribution in [0.1, 0.15) is 27.2 Å². The van der Waals surface area contributed by atoms with E-state index in [1.54, 1.807) is 0 Å². The van der Waals surface area contributed by atoms with Crippen molar-refractivity contribution in [1.82, 2.24) is 15.1 Å². The second-order valence-corrected chi connectivity index (χ2v) is 4.74. The fraction of sp³-hybridized carbons (Fsp3) is 1.00. The first-order chi connectivity index (χ1) is 7.19. The zero-order valence-electron chi connectivity index (χ0n) is 10.8. The number of hydrogen-bond donors (Lipinski definition) is 1. The molecule has 0 saturated carbocycles. The van der Waals surface area contributed by atoms with Gasteiger partial charge in [-0.05, 0) is 27.3 Å². The predicted molar refractivity (Wildman–Crippen MR) is 66.3 cm³/mol. The third-order valence-electron chi connectivity index (χ3n) is 3.69. The van der Waals surface area contributed by atoms with Gasteiger partial charge in [0.15, 0.2) is 0 Å². The van der Waals surface area contributed by atoms with E-state index in [9.17, 15) is 0 Å². The lowest BCUT2D eigenvalue weighted by Crippen LogP contribution is -2.53. The van der Waals surface area contributed by atoms with E-state index >= 15 is 0 Å². The number of rotatable bonds is 5. The molecule has 0 aromatic heterocycles. The van der Waals surface area contributed by atoms with Crippen LogP contribution in [-0.4, -0.2) is 61.7 Å². The lowest BCUT2D eigenvalue weighted by Gasteiger charge is -2.40. The van der Waals surface area contributed by atoms with E-state index in [2.05, 4.69) is 35.9 Å². The summed E-state index contributed by atoms with van der Waals surface area (Å²) in [5.74, 6) is 0. The summed E-state index contributed by atoms with van der Waals surface area (Å²) in [5, 5.41) is 3.25. The minimum Gasteiger partial charge on any atom is -0.318 e. The Labute approximate surface area is 94.8 Å². The van der Waals surface area contributed by atoms with Gasteiger partial charge < -0.3 is 5.32 Å². The molecule has 0 radical (unpaired) electrons. The van der Waals surface area contributed by atoms with Crippen molar-refractivity contribution in [2.24, 2.45) is 0 Å². The third-order valence-corrected chi connectivity index (χ3v) is 3.69. The van der Waals surface area contributed by atoms with Gasteiger partial charge in [0.1, 0.15) is 0 Å². The fourth-order valence-electron chi connectivity index (χ4n) is 2.30. The van der Waals surface area contributed by atoms with Crippen LogP contribution >= 0.6 is 0 Å². The summed E-state index contributed by atoms with van der Waals surface area (Å²) in [6.45, 7) is 13.0. The average Bonchev–Trinajstić information content (AvgIpc) is 2.28. The summed E-state index contributed by atoms with van der Waals surface area (Å²) < 4.78 is 0. The molecule has 0 spiro atoms. The monoisotopic (exact) mass is 213 g/mol. The highest BCUT2D eigenvalue weighted by molar-refractivity contribution is 4.79. The Morgan fingerprint density at radius 1 is 1.00 bits per heavy atom. The van der Waals surface area contributed by atoms with Gasteiger partial charge in [0, 0.05) is 44.8 Å². The Balaban J connectivity index is 2.29. The lowest BCUT2D eigenvalue weighted by atomic mass is 10.1. The third kappa shape index (κ3) is 3.74. The van der Waals surface area contributed by atoms with Crippen molar-refractivity contribution in [1.29, 1.82) is 0 Å². The van der Waals surface area contributed by atoms with Crippen LogP contribution in [0, 0.1) is 0 Å². The number of nitrogens with one attached hydrogen (secondary N) is 1. The summed E-state index contributed by atoms with van der Waals surface area (Å²) in [6, 6.07) is 1.43. The largest absolute Gasteiger partial charge is 0.318 e. The van der Waals surface area contributed by atoms with Gasteiger partial charge >= 0.3 is 0 Å². The van der Waals surface area contributed by atoms with E-state index in [0.29, 0.717) is 6.04 Å². The van der Waals surface area contributed by atoms with Crippen LogP contribution in [-0.2, 0) is 0 Å². The molecule has 90 valence electrons.